The number of aliphatic hydroxyl groups is 1. The van der Waals surface area contributed by atoms with Gasteiger partial charge in [0.15, 0.2) is 0 Å². The Morgan fingerprint density at radius 1 is 1.15 bits per heavy atom. The molecular weight excluding hydrogens is 164 g/mol. The Bertz CT molecular complexity index is 168. The molecule has 0 amide bonds. The zero-order chi connectivity index (χ0) is 9.26. The number of piperidine rings is 1. The first-order chi connectivity index (χ1) is 6.27. The van der Waals surface area contributed by atoms with Crippen LogP contribution >= 0.6 is 0 Å². The molecule has 2 heterocycles. The summed E-state index contributed by atoms with van der Waals surface area (Å²) in [7, 11) is 3.96. The monoisotopic (exact) mass is 184 g/mol. The van der Waals surface area contributed by atoms with Crippen LogP contribution in [0, 0.1) is 7.05 Å². The zero-order valence-corrected chi connectivity index (χ0v) is 8.21. The molecule has 3 nitrogen and oxygen atoms in total. The standard InChI is InChI=1S/C10H20N2O/c1-11-7-9(10(13)8-11)12-5-3-2-4-6-12/h9-11,13H,1-8H2/t9-,10-/m0/s1. The Morgan fingerprint density at radius 2 is 1.85 bits per heavy atom. The summed E-state index contributed by atoms with van der Waals surface area (Å²) in [6.07, 6.45) is 3.82. The zero-order valence-electron chi connectivity index (χ0n) is 8.21. The van der Waals surface area contributed by atoms with E-state index in [-0.39, 0.29) is 6.10 Å². The van der Waals surface area contributed by atoms with Crippen LogP contribution in [-0.2, 0) is 0 Å². The fraction of sp³-hybridized carbons (Fsp3) is 0.900. The summed E-state index contributed by atoms with van der Waals surface area (Å²) in [5.74, 6) is 0. The fourth-order valence-corrected chi connectivity index (χ4v) is 2.57. The first-order valence-corrected chi connectivity index (χ1v) is 5.36. The van der Waals surface area contributed by atoms with Gasteiger partial charge in [-0.1, -0.05) is 6.42 Å². The van der Waals surface area contributed by atoms with Crippen LogP contribution in [-0.4, -0.2) is 48.3 Å². The van der Waals surface area contributed by atoms with Crippen molar-refractivity contribution in [1.82, 2.24) is 4.90 Å². The van der Waals surface area contributed by atoms with Gasteiger partial charge < -0.3 is 10.0 Å². The smallest absolute Gasteiger partial charge is 0.121 e. The molecule has 0 aliphatic carbocycles. The maximum atomic E-state index is 9.81. The van der Waals surface area contributed by atoms with Crippen molar-refractivity contribution in [3.63, 3.8) is 0 Å². The highest BCUT2D eigenvalue weighted by molar-refractivity contribution is 4.83. The topological polar surface area (TPSA) is 27.9 Å². The molecule has 0 aromatic carbocycles. The van der Waals surface area contributed by atoms with Gasteiger partial charge in [-0.15, -0.1) is 0 Å². The summed E-state index contributed by atoms with van der Waals surface area (Å²) in [5.41, 5.74) is 0. The van der Waals surface area contributed by atoms with Crippen LogP contribution in [0.15, 0.2) is 0 Å². The van der Waals surface area contributed by atoms with Gasteiger partial charge in [0.25, 0.3) is 0 Å². The predicted octanol–water partition coefficient (Wildman–Crippen LogP) is -1.11. The van der Waals surface area contributed by atoms with E-state index in [1.54, 1.807) is 0 Å². The first-order valence-electron chi connectivity index (χ1n) is 5.36. The summed E-state index contributed by atoms with van der Waals surface area (Å²) in [5, 5.41) is 9.81. The highest BCUT2D eigenvalue weighted by atomic mass is 16.3. The van der Waals surface area contributed by atoms with E-state index in [1.165, 1.54) is 37.3 Å². The number of aliphatic hydroxyl groups excluding tert-OH is 1. The average molecular weight is 184 g/mol. The van der Waals surface area contributed by atoms with E-state index in [9.17, 15) is 5.11 Å². The number of quaternary nitrogens is 1. The van der Waals surface area contributed by atoms with Crippen molar-refractivity contribution in [2.45, 2.75) is 31.4 Å². The molecule has 3 atom stereocenters. The Kier molecular flexibility index (Phi) is 2.86. The second-order valence-corrected chi connectivity index (χ2v) is 4.39. The molecule has 2 fully saturated rings. The first kappa shape index (κ1) is 9.44. The average Bonchev–Trinajstić information content (AvgIpc) is 2.47. The Hall–Kier alpha value is -0.120. The van der Waals surface area contributed by atoms with E-state index in [2.05, 4.69) is 11.9 Å². The van der Waals surface area contributed by atoms with E-state index < -0.39 is 0 Å². The SMILES string of the molecule is [CH2-][NH+]1C[C@H](O)[C@@H](N2CCCCC2)C1. The lowest BCUT2D eigenvalue weighted by atomic mass is 10.1. The quantitative estimate of drug-likeness (QED) is 0.506. The van der Waals surface area contributed by atoms with Crippen molar-refractivity contribution in [2.24, 2.45) is 0 Å². The molecular formula is C10H20N2O. The van der Waals surface area contributed by atoms with Crippen LogP contribution < -0.4 is 4.90 Å². The second-order valence-electron chi connectivity index (χ2n) is 4.39. The minimum atomic E-state index is -0.148. The van der Waals surface area contributed by atoms with E-state index >= 15 is 0 Å². The van der Waals surface area contributed by atoms with Gasteiger partial charge in [0.05, 0.1) is 19.1 Å². The van der Waals surface area contributed by atoms with Crippen molar-refractivity contribution in [3.8, 4) is 0 Å². The normalized spacial score (nSPS) is 42.5. The number of hydrogen-bond donors (Lipinski definition) is 2. The molecule has 2 rings (SSSR count). The molecule has 0 bridgehead atoms. The molecule has 0 spiro atoms. The molecule has 2 saturated heterocycles. The highest BCUT2D eigenvalue weighted by Gasteiger charge is 2.35. The summed E-state index contributed by atoms with van der Waals surface area (Å²) in [6.45, 7) is 4.19. The molecule has 0 radical (unpaired) electrons. The number of hydrogen-bond acceptors (Lipinski definition) is 2. The van der Waals surface area contributed by atoms with Gasteiger partial charge in [-0.25, -0.2) is 0 Å². The molecule has 0 aromatic heterocycles. The number of likely N-dealkylation sites (tertiary alicyclic amines) is 2. The van der Waals surface area contributed by atoms with Gasteiger partial charge in [0.2, 0.25) is 0 Å². The molecule has 1 unspecified atom stereocenters. The third-order valence-corrected chi connectivity index (χ3v) is 3.30. The van der Waals surface area contributed by atoms with Crippen molar-refractivity contribution in [1.29, 1.82) is 0 Å². The number of nitrogens with zero attached hydrogens (tertiary/aromatic N) is 1. The van der Waals surface area contributed by atoms with Crippen LogP contribution in [0.2, 0.25) is 0 Å². The minimum Gasteiger partial charge on any atom is -0.464 e. The maximum absolute atomic E-state index is 9.81. The van der Waals surface area contributed by atoms with Crippen LogP contribution in [0.3, 0.4) is 0 Å². The predicted molar refractivity (Wildman–Crippen MR) is 51.3 cm³/mol. The molecule has 3 heteroatoms. The summed E-state index contributed by atoms with van der Waals surface area (Å²) in [6, 6.07) is 0.382. The number of nitrogens with one attached hydrogen (secondary N) is 1. The minimum absolute atomic E-state index is 0.148. The van der Waals surface area contributed by atoms with Crippen molar-refractivity contribution in [3.05, 3.63) is 7.05 Å². The van der Waals surface area contributed by atoms with Crippen LogP contribution in [0.5, 0.6) is 0 Å². The van der Waals surface area contributed by atoms with Crippen molar-refractivity contribution < 1.29 is 10.0 Å². The second kappa shape index (κ2) is 3.95. The Balaban J connectivity index is 1.91. The van der Waals surface area contributed by atoms with E-state index in [4.69, 9.17) is 0 Å². The molecule has 13 heavy (non-hydrogen) atoms. The van der Waals surface area contributed by atoms with E-state index in [0.29, 0.717) is 6.04 Å². The van der Waals surface area contributed by atoms with Crippen LogP contribution in [0.4, 0.5) is 0 Å². The molecule has 0 saturated carbocycles. The molecule has 76 valence electrons. The summed E-state index contributed by atoms with van der Waals surface area (Å²) in [4.78, 5) is 3.68. The lowest BCUT2D eigenvalue weighted by Crippen LogP contribution is -3.05. The van der Waals surface area contributed by atoms with Gasteiger partial charge in [0.1, 0.15) is 6.10 Å². The van der Waals surface area contributed by atoms with Gasteiger partial charge in [-0.3, -0.25) is 4.90 Å². The molecule has 2 N–H and O–H groups in total. The maximum Gasteiger partial charge on any atom is 0.121 e. The van der Waals surface area contributed by atoms with Crippen LogP contribution in [0.25, 0.3) is 0 Å². The Labute approximate surface area is 80.3 Å². The van der Waals surface area contributed by atoms with Gasteiger partial charge in [-0.05, 0) is 25.9 Å². The number of rotatable bonds is 1. The lowest BCUT2D eigenvalue weighted by molar-refractivity contribution is -0.842. The van der Waals surface area contributed by atoms with E-state index in [0.717, 1.165) is 13.1 Å². The summed E-state index contributed by atoms with van der Waals surface area (Å²) < 4.78 is 0. The fourth-order valence-electron chi connectivity index (χ4n) is 2.57. The van der Waals surface area contributed by atoms with E-state index in [1.807, 2.05) is 0 Å². The Morgan fingerprint density at radius 3 is 2.38 bits per heavy atom. The largest absolute Gasteiger partial charge is 0.464 e. The highest BCUT2D eigenvalue weighted by Crippen LogP contribution is 2.14. The van der Waals surface area contributed by atoms with Crippen LogP contribution in [0.1, 0.15) is 19.3 Å². The van der Waals surface area contributed by atoms with Gasteiger partial charge in [0, 0.05) is 0 Å². The third-order valence-electron chi connectivity index (χ3n) is 3.30. The van der Waals surface area contributed by atoms with Crippen molar-refractivity contribution in [2.75, 3.05) is 26.2 Å². The molecule has 2 aliphatic rings. The summed E-state index contributed by atoms with van der Waals surface area (Å²) >= 11 is 0. The van der Waals surface area contributed by atoms with Crippen molar-refractivity contribution >= 4 is 0 Å². The third kappa shape index (κ3) is 2.03. The molecule has 0 aromatic rings. The van der Waals surface area contributed by atoms with Gasteiger partial charge >= 0.3 is 0 Å². The van der Waals surface area contributed by atoms with Gasteiger partial charge in [-0.2, -0.15) is 7.05 Å². The lowest BCUT2D eigenvalue weighted by Gasteiger charge is -2.32. The molecule has 2 aliphatic heterocycles.